The van der Waals surface area contributed by atoms with E-state index >= 15 is 0 Å². The Bertz CT molecular complexity index is 632. The van der Waals surface area contributed by atoms with Gasteiger partial charge in [-0.15, -0.1) is 0 Å². The first-order valence-corrected chi connectivity index (χ1v) is 10.7. The van der Waals surface area contributed by atoms with E-state index in [1.807, 2.05) is 36.2 Å². The number of benzene rings is 1. The van der Waals surface area contributed by atoms with Crippen LogP contribution < -0.4 is 10.6 Å². The van der Waals surface area contributed by atoms with Crippen molar-refractivity contribution in [2.75, 3.05) is 46.3 Å². The minimum atomic E-state index is 0.0749. The number of nitrogens with zero attached hydrogens (tertiary/aromatic N) is 2. The fourth-order valence-electron chi connectivity index (χ4n) is 4.11. The van der Waals surface area contributed by atoms with Gasteiger partial charge in [0.15, 0.2) is 0 Å². The number of carbonyl (C=O) groups excluding carboxylic acids is 2. The zero-order chi connectivity index (χ0) is 19.8. The van der Waals surface area contributed by atoms with E-state index in [9.17, 15) is 9.59 Å². The molecule has 0 aromatic heterocycles. The molecule has 154 valence electrons. The monoisotopic (exact) mass is 386 g/mol. The van der Waals surface area contributed by atoms with Crippen LogP contribution in [0.4, 0.5) is 0 Å². The van der Waals surface area contributed by atoms with Gasteiger partial charge in [-0.2, -0.15) is 0 Å². The van der Waals surface area contributed by atoms with Crippen molar-refractivity contribution in [3.05, 3.63) is 35.4 Å². The number of nitrogens with one attached hydrogen (secondary N) is 2. The van der Waals surface area contributed by atoms with Gasteiger partial charge in [0.1, 0.15) is 0 Å². The molecule has 6 heteroatoms. The number of hydrogen-bond donors (Lipinski definition) is 2. The van der Waals surface area contributed by atoms with Gasteiger partial charge in [0.05, 0.1) is 6.54 Å². The summed E-state index contributed by atoms with van der Waals surface area (Å²) in [6, 6.07) is 7.63. The predicted molar refractivity (Wildman–Crippen MR) is 111 cm³/mol. The lowest BCUT2D eigenvalue weighted by atomic mass is 9.93. The van der Waals surface area contributed by atoms with Crippen LogP contribution in [-0.2, 0) is 11.3 Å². The summed E-state index contributed by atoms with van der Waals surface area (Å²) in [4.78, 5) is 28.8. The maximum atomic E-state index is 12.4. The van der Waals surface area contributed by atoms with Crippen molar-refractivity contribution in [1.82, 2.24) is 20.4 Å². The van der Waals surface area contributed by atoms with Crippen molar-refractivity contribution in [1.29, 1.82) is 0 Å². The molecule has 3 rings (SSSR count). The standard InChI is InChI=1S/C22H34N4O2/c1-23-11-8-18-9-14-25(15-10-18)17-21(27)24-16-19-4-6-20(7-5-19)22(28)26-12-2-3-13-26/h4-7,18,23H,2-3,8-17H2,1H3,(H,24,27). The zero-order valence-electron chi connectivity index (χ0n) is 17.1. The van der Waals surface area contributed by atoms with Crippen LogP contribution in [0.3, 0.4) is 0 Å². The molecule has 2 N–H and O–H groups in total. The van der Waals surface area contributed by atoms with Crippen LogP contribution in [0.25, 0.3) is 0 Å². The molecule has 1 aromatic rings. The van der Waals surface area contributed by atoms with E-state index in [2.05, 4.69) is 15.5 Å². The summed E-state index contributed by atoms with van der Waals surface area (Å²) in [7, 11) is 2.00. The summed E-state index contributed by atoms with van der Waals surface area (Å²) in [6.45, 7) is 5.81. The van der Waals surface area contributed by atoms with Crippen LogP contribution in [-0.4, -0.2) is 67.9 Å². The molecule has 0 saturated carbocycles. The smallest absolute Gasteiger partial charge is 0.253 e. The van der Waals surface area contributed by atoms with E-state index < -0.39 is 0 Å². The van der Waals surface area contributed by atoms with Crippen LogP contribution >= 0.6 is 0 Å². The lowest BCUT2D eigenvalue weighted by Crippen LogP contribution is -2.41. The lowest BCUT2D eigenvalue weighted by Gasteiger charge is -2.31. The van der Waals surface area contributed by atoms with Gasteiger partial charge in [-0.05, 0) is 82.4 Å². The molecule has 0 spiro atoms. The average Bonchev–Trinajstić information content (AvgIpc) is 3.26. The molecule has 1 aromatic carbocycles. The quantitative estimate of drug-likeness (QED) is 0.716. The van der Waals surface area contributed by atoms with Gasteiger partial charge in [-0.3, -0.25) is 14.5 Å². The van der Waals surface area contributed by atoms with Gasteiger partial charge in [-0.1, -0.05) is 12.1 Å². The summed E-state index contributed by atoms with van der Waals surface area (Å²) in [5.74, 6) is 0.977. The topological polar surface area (TPSA) is 64.7 Å². The van der Waals surface area contributed by atoms with Gasteiger partial charge in [0.25, 0.3) is 5.91 Å². The fourth-order valence-corrected chi connectivity index (χ4v) is 4.11. The zero-order valence-corrected chi connectivity index (χ0v) is 17.1. The number of likely N-dealkylation sites (tertiary alicyclic amines) is 2. The molecule has 2 fully saturated rings. The number of piperidine rings is 1. The molecule has 2 amide bonds. The predicted octanol–water partition coefficient (Wildman–Crippen LogP) is 1.86. The molecule has 2 saturated heterocycles. The van der Waals surface area contributed by atoms with Crippen molar-refractivity contribution in [2.24, 2.45) is 5.92 Å². The molecule has 0 bridgehead atoms. The molecular formula is C22H34N4O2. The Morgan fingerprint density at radius 3 is 2.36 bits per heavy atom. The third-order valence-corrected chi connectivity index (χ3v) is 5.96. The van der Waals surface area contributed by atoms with Crippen molar-refractivity contribution in [3.63, 3.8) is 0 Å². The first-order valence-electron chi connectivity index (χ1n) is 10.7. The summed E-state index contributed by atoms with van der Waals surface area (Å²) < 4.78 is 0. The van der Waals surface area contributed by atoms with Crippen molar-refractivity contribution < 1.29 is 9.59 Å². The number of carbonyl (C=O) groups is 2. The molecule has 0 atom stereocenters. The lowest BCUT2D eigenvalue weighted by molar-refractivity contribution is -0.122. The van der Waals surface area contributed by atoms with Crippen molar-refractivity contribution >= 4 is 11.8 Å². The SMILES string of the molecule is CNCCC1CCN(CC(=O)NCc2ccc(C(=O)N3CCCC3)cc2)CC1. The second kappa shape index (κ2) is 10.6. The third-order valence-electron chi connectivity index (χ3n) is 5.96. The average molecular weight is 387 g/mol. The first kappa shape index (κ1) is 20.8. The molecule has 28 heavy (non-hydrogen) atoms. The van der Waals surface area contributed by atoms with E-state index in [1.165, 1.54) is 19.3 Å². The normalized spacial score (nSPS) is 18.4. The van der Waals surface area contributed by atoms with Gasteiger partial charge in [-0.25, -0.2) is 0 Å². The summed E-state index contributed by atoms with van der Waals surface area (Å²) in [5.41, 5.74) is 1.76. The highest BCUT2D eigenvalue weighted by Crippen LogP contribution is 2.19. The van der Waals surface area contributed by atoms with Crippen LogP contribution in [0.1, 0.15) is 48.0 Å². The Labute approximate surface area is 168 Å². The van der Waals surface area contributed by atoms with Gasteiger partial charge in [0, 0.05) is 25.2 Å². The van der Waals surface area contributed by atoms with Gasteiger partial charge < -0.3 is 15.5 Å². The molecule has 0 radical (unpaired) electrons. The van der Waals surface area contributed by atoms with Crippen LogP contribution in [0.15, 0.2) is 24.3 Å². The molecule has 2 aliphatic rings. The number of amides is 2. The van der Waals surface area contributed by atoms with Crippen LogP contribution in [0, 0.1) is 5.92 Å². The largest absolute Gasteiger partial charge is 0.351 e. The van der Waals surface area contributed by atoms with Gasteiger partial charge >= 0.3 is 0 Å². The molecule has 0 aliphatic carbocycles. The molecule has 6 nitrogen and oxygen atoms in total. The Balaban J connectivity index is 1.37. The molecule has 0 unspecified atom stereocenters. The second-order valence-corrected chi connectivity index (χ2v) is 8.08. The van der Waals surface area contributed by atoms with E-state index in [-0.39, 0.29) is 11.8 Å². The maximum Gasteiger partial charge on any atom is 0.253 e. The minimum Gasteiger partial charge on any atom is -0.351 e. The van der Waals surface area contributed by atoms with Crippen LogP contribution in [0.2, 0.25) is 0 Å². The summed E-state index contributed by atoms with van der Waals surface area (Å²) >= 11 is 0. The Morgan fingerprint density at radius 2 is 1.71 bits per heavy atom. The number of rotatable bonds is 8. The third kappa shape index (κ3) is 6.04. The first-order chi connectivity index (χ1) is 13.7. The molecular weight excluding hydrogens is 352 g/mol. The van der Waals surface area contributed by atoms with E-state index in [4.69, 9.17) is 0 Å². The number of hydrogen-bond acceptors (Lipinski definition) is 4. The van der Waals surface area contributed by atoms with E-state index in [0.717, 1.165) is 62.6 Å². The molecule has 2 heterocycles. The van der Waals surface area contributed by atoms with Crippen molar-refractivity contribution in [2.45, 2.75) is 38.6 Å². The Hall–Kier alpha value is -1.92. The minimum absolute atomic E-state index is 0.0749. The maximum absolute atomic E-state index is 12.4. The Kier molecular flexibility index (Phi) is 7.86. The molecule has 2 aliphatic heterocycles. The summed E-state index contributed by atoms with van der Waals surface area (Å²) in [6.07, 6.45) is 5.79. The van der Waals surface area contributed by atoms with Crippen LogP contribution in [0.5, 0.6) is 0 Å². The highest BCUT2D eigenvalue weighted by molar-refractivity contribution is 5.94. The highest BCUT2D eigenvalue weighted by Gasteiger charge is 2.21. The second-order valence-electron chi connectivity index (χ2n) is 8.08. The Morgan fingerprint density at radius 1 is 1.04 bits per heavy atom. The highest BCUT2D eigenvalue weighted by atomic mass is 16.2. The van der Waals surface area contributed by atoms with E-state index in [0.29, 0.717) is 13.1 Å². The summed E-state index contributed by atoms with van der Waals surface area (Å²) in [5, 5.41) is 6.23. The van der Waals surface area contributed by atoms with Gasteiger partial charge in [0.2, 0.25) is 5.91 Å². The van der Waals surface area contributed by atoms with E-state index in [1.54, 1.807) is 0 Å². The fraction of sp³-hybridized carbons (Fsp3) is 0.636. The van der Waals surface area contributed by atoms with Crippen molar-refractivity contribution in [3.8, 4) is 0 Å².